The van der Waals surface area contributed by atoms with Crippen molar-refractivity contribution in [2.24, 2.45) is 5.10 Å². The van der Waals surface area contributed by atoms with Crippen LogP contribution in [0.3, 0.4) is 0 Å². The first-order chi connectivity index (χ1) is 12.5. The van der Waals surface area contributed by atoms with Gasteiger partial charge in [0.05, 0.1) is 17.9 Å². The number of halogens is 1. The van der Waals surface area contributed by atoms with Crippen molar-refractivity contribution >= 4 is 23.3 Å². The lowest BCUT2D eigenvalue weighted by Gasteiger charge is -2.13. The first-order valence-electron chi connectivity index (χ1n) is 8.12. The third kappa shape index (κ3) is 3.56. The van der Waals surface area contributed by atoms with Gasteiger partial charge in [-0.2, -0.15) is 5.10 Å². The molecule has 0 atom stereocenters. The number of nitrogens with two attached hydrogens (primary N) is 1. The van der Waals surface area contributed by atoms with E-state index in [4.69, 9.17) is 10.5 Å². The number of carbonyl (C=O) groups excluding carboxylic acids is 2. The number of anilines is 1. The minimum atomic E-state index is -0.969. The lowest BCUT2D eigenvalue weighted by molar-refractivity contribution is -0.134. The van der Waals surface area contributed by atoms with E-state index in [2.05, 4.69) is 5.10 Å². The van der Waals surface area contributed by atoms with E-state index in [0.29, 0.717) is 18.5 Å². The second kappa shape index (κ2) is 7.35. The summed E-state index contributed by atoms with van der Waals surface area (Å²) in [6.07, 6.45) is 0.614. The molecule has 0 spiro atoms. The molecular weight excluding hydrogens is 337 g/mol. The van der Waals surface area contributed by atoms with Crippen LogP contribution in [0.1, 0.15) is 27.9 Å². The van der Waals surface area contributed by atoms with Gasteiger partial charge in [-0.15, -0.1) is 0 Å². The van der Waals surface area contributed by atoms with E-state index in [-0.39, 0.29) is 11.3 Å². The summed E-state index contributed by atoms with van der Waals surface area (Å²) in [5, 5.41) is 5.52. The molecular formula is C19H18FN3O3. The Morgan fingerprint density at radius 1 is 1.23 bits per heavy atom. The van der Waals surface area contributed by atoms with Crippen LogP contribution in [-0.2, 0) is 9.53 Å². The number of nitrogens with zero attached hydrogens (tertiary/aromatic N) is 2. The fraction of sp³-hybridized carbons (Fsp3) is 0.211. The topological polar surface area (TPSA) is 85.0 Å². The summed E-state index contributed by atoms with van der Waals surface area (Å²) < 4.78 is 18.8. The molecule has 3 rings (SSSR count). The van der Waals surface area contributed by atoms with Crippen LogP contribution >= 0.6 is 0 Å². The summed E-state index contributed by atoms with van der Waals surface area (Å²) in [6.45, 7) is 1.53. The van der Waals surface area contributed by atoms with Gasteiger partial charge in [0.1, 0.15) is 11.4 Å². The summed E-state index contributed by atoms with van der Waals surface area (Å²) in [6, 6.07) is 12.1. The Kier molecular flexibility index (Phi) is 4.97. The molecule has 134 valence electrons. The van der Waals surface area contributed by atoms with Crippen LogP contribution in [0.25, 0.3) is 0 Å². The van der Waals surface area contributed by atoms with Gasteiger partial charge in [-0.1, -0.05) is 36.4 Å². The van der Waals surface area contributed by atoms with Crippen molar-refractivity contribution < 1.29 is 18.7 Å². The first kappa shape index (κ1) is 17.6. The molecule has 7 heteroatoms. The number of esters is 1. The quantitative estimate of drug-likeness (QED) is 0.675. The van der Waals surface area contributed by atoms with E-state index < -0.39 is 24.3 Å². The van der Waals surface area contributed by atoms with E-state index in [1.807, 2.05) is 30.3 Å². The van der Waals surface area contributed by atoms with Gasteiger partial charge in [0.2, 0.25) is 0 Å². The van der Waals surface area contributed by atoms with Crippen molar-refractivity contribution in [2.45, 2.75) is 13.3 Å². The maximum atomic E-state index is 13.8. The molecule has 0 aliphatic carbocycles. The third-order valence-electron chi connectivity index (χ3n) is 4.14. The zero-order valence-corrected chi connectivity index (χ0v) is 14.2. The van der Waals surface area contributed by atoms with Crippen molar-refractivity contribution in [3.63, 3.8) is 0 Å². The fourth-order valence-electron chi connectivity index (χ4n) is 2.65. The molecule has 1 heterocycles. The van der Waals surface area contributed by atoms with Gasteiger partial charge in [-0.3, -0.25) is 4.79 Å². The molecule has 2 aromatic carbocycles. The van der Waals surface area contributed by atoms with Crippen molar-refractivity contribution in [3.05, 3.63) is 65.0 Å². The van der Waals surface area contributed by atoms with Gasteiger partial charge in [-0.25, -0.2) is 14.2 Å². The Morgan fingerprint density at radius 3 is 2.69 bits per heavy atom. The lowest BCUT2D eigenvalue weighted by atomic mass is 10.1. The molecule has 1 aliphatic heterocycles. The molecule has 26 heavy (non-hydrogen) atoms. The summed E-state index contributed by atoms with van der Waals surface area (Å²) in [4.78, 5) is 24.3. The molecule has 0 saturated carbocycles. The molecule has 1 aliphatic rings. The van der Waals surface area contributed by atoms with E-state index in [1.54, 1.807) is 6.92 Å². The maximum absolute atomic E-state index is 13.8. The average molecular weight is 355 g/mol. The maximum Gasteiger partial charge on any atom is 0.343 e. The summed E-state index contributed by atoms with van der Waals surface area (Å²) in [5.41, 5.74) is 7.68. The third-order valence-corrected chi connectivity index (χ3v) is 4.14. The predicted molar refractivity (Wildman–Crippen MR) is 95.1 cm³/mol. The van der Waals surface area contributed by atoms with Crippen molar-refractivity contribution in [3.8, 4) is 0 Å². The summed E-state index contributed by atoms with van der Waals surface area (Å²) >= 11 is 0. The van der Waals surface area contributed by atoms with E-state index in [1.165, 1.54) is 11.1 Å². The van der Waals surface area contributed by atoms with Gasteiger partial charge in [0, 0.05) is 6.42 Å². The molecule has 0 aromatic heterocycles. The number of nitrogen functional groups attached to an aromatic ring is 1. The van der Waals surface area contributed by atoms with E-state index in [9.17, 15) is 14.0 Å². The lowest BCUT2D eigenvalue weighted by Crippen LogP contribution is -2.29. The normalized spacial score (nSPS) is 13.5. The number of carbonyl (C=O) groups is 2. The minimum absolute atomic E-state index is 0.00741. The van der Waals surface area contributed by atoms with Crippen LogP contribution in [0.5, 0.6) is 0 Å². The van der Waals surface area contributed by atoms with Crippen molar-refractivity contribution in [1.29, 1.82) is 0 Å². The molecule has 0 unspecified atom stereocenters. The molecule has 6 nitrogen and oxygen atoms in total. The Hall–Kier alpha value is -3.22. The first-order valence-corrected chi connectivity index (χ1v) is 8.12. The molecule has 0 fully saturated rings. The van der Waals surface area contributed by atoms with Crippen LogP contribution in [0.15, 0.2) is 47.6 Å². The number of amides is 1. The van der Waals surface area contributed by atoms with Gasteiger partial charge in [-0.05, 0) is 24.1 Å². The van der Waals surface area contributed by atoms with Crippen molar-refractivity contribution in [2.75, 3.05) is 18.9 Å². The second-order valence-electron chi connectivity index (χ2n) is 5.91. The highest BCUT2D eigenvalue weighted by molar-refractivity contribution is 6.03. The summed E-state index contributed by atoms with van der Waals surface area (Å²) in [7, 11) is 0. The van der Waals surface area contributed by atoms with Crippen LogP contribution in [-0.4, -0.2) is 35.7 Å². The second-order valence-corrected chi connectivity index (χ2v) is 5.91. The number of ether oxygens (including phenoxy) is 1. The monoisotopic (exact) mass is 355 g/mol. The number of hydrazone groups is 1. The van der Waals surface area contributed by atoms with Crippen LogP contribution in [0, 0.1) is 12.7 Å². The zero-order valence-electron chi connectivity index (χ0n) is 14.2. The van der Waals surface area contributed by atoms with Crippen LogP contribution in [0.2, 0.25) is 0 Å². The largest absolute Gasteiger partial charge is 0.452 e. The van der Waals surface area contributed by atoms with Crippen molar-refractivity contribution in [1.82, 2.24) is 5.01 Å². The van der Waals surface area contributed by atoms with E-state index >= 15 is 0 Å². The molecule has 0 bridgehead atoms. The Labute approximate surface area is 150 Å². The van der Waals surface area contributed by atoms with Gasteiger partial charge >= 0.3 is 5.97 Å². The molecule has 2 N–H and O–H groups in total. The molecule has 0 radical (unpaired) electrons. The highest BCUT2D eigenvalue weighted by Crippen LogP contribution is 2.21. The molecule has 2 aromatic rings. The van der Waals surface area contributed by atoms with Crippen LogP contribution in [0.4, 0.5) is 10.1 Å². The Bertz CT molecular complexity index is 881. The molecule has 0 saturated heterocycles. The van der Waals surface area contributed by atoms with Gasteiger partial charge < -0.3 is 10.5 Å². The fourth-order valence-corrected chi connectivity index (χ4v) is 2.65. The smallest absolute Gasteiger partial charge is 0.343 e. The van der Waals surface area contributed by atoms with Gasteiger partial charge in [0.15, 0.2) is 6.61 Å². The zero-order chi connectivity index (χ0) is 18.7. The Balaban J connectivity index is 1.64. The number of hydrogen-bond donors (Lipinski definition) is 1. The highest BCUT2D eigenvalue weighted by atomic mass is 19.1. The standard InChI is InChI=1S/C19H18FN3O3/c1-12-7-8-14(20)17(18(12)21)19(25)26-11-16(24)23-10-9-15(22-23)13-5-3-2-4-6-13/h2-8H,9-11,21H2,1H3. The van der Waals surface area contributed by atoms with E-state index in [0.717, 1.165) is 17.3 Å². The highest BCUT2D eigenvalue weighted by Gasteiger charge is 2.24. The van der Waals surface area contributed by atoms with Crippen LogP contribution < -0.4 is 5.73 Å². The predicted octanol–water partition coefficient (Wildman–Crippen LogP) is 2.51. The summed E-state index contributed by atoms with van der Waals surface area (Å²) in [5.74, 6) is -2.23. The van der Waals surface area contributed by atoms with Gasteiger partial charge in [0.25, 0.3) is 5.91 Å². The number of hydrogen-bond acceptors (Lipinski definition) is 5. The average Bonchev–Trinajstić information content (AvgIpc) is 3.14. The molecule has 1 amide bonds. The Morgan fingerprint density at radius 2 is 1.96 bits per heavy atom. The number of rotatable bonds is 4. The SMILES string of the molecule is Cc1ccc(F)c(C(=O)OCC(=O)N2CCC(c3ccccc3)=N2)c1N. The number of aryl methyl sites for hydroxylation is 1. The minimum Gasteiger partial charge on any atom is -0.452 e. The number of benzene rings is 2.